The minimum atomic E-state index is -3.74. The second kappa shape index (κ2) is 7.51. The molecule has 0 aromatic heterocycles. The summed E-state index contributed by atoms with van der Waals surface area (Å²) in [6.07, 6.45) is -0.00328. The molecule has 1 aliphatic rings. The fourth-order valence-electron chi connectivity index (χ4n) is 2.79. The van der Waals surface area contributed by atoms with Crippen LogP contribution in [-0.2, 0) is 14.8 Å². The highest BCUT2D eigenvalue weighted by atomic mass is 32.2. The molecule has 7 heteroatoms. The molecular weight excluding hydrogens is 343 g/mol. The van der Waals surface area contributed by atoms with Gasteiger partial charge >= 0.3 is 0 Å². The number of hydrogen-bond donors (Lipinski definition) is 1. The predicted octanol–water partition coefficient (Wildman–Crippen LogP) is 3.02. The van der Waals surface area contributed by atoms with Crippen LogP contribution in [0.15, 0.2) is 53.4 Å². The van der Waals surface area contributed by atoms with E-state index in [1.165, 1.54) is 12.1 Å². The Balaban J connectivity index is 1.71. The molecule has 1 fully saturated rings. The number of nitrogens with zero attached hydrogens (tertiary/aromatic N) is 1. The lowest BCUT2D eigenvalue weighted by Gasteiger charge is -2.32. The Kier molecular flexibility index (Phi) is 5.36. The van der Waals surface area contributed by atoms with Crippen molar-refractivity contribution < 1.29 is 17.5 Å². The molecule has 1 aliphatic heterocycles. The fraction of sp³-hybridized carbons (Fsp3) is 0.333. The van der Waals surface area contributed by atoms with Crippen molar-refractivity contribution in [3.63, 3.8) is 0 Å². The van der Waals surface area contributed by atoms with Crippen molar-refractivity contribution in [2.45, 2.75) is 17.9 Å². The number of ether oxygens (including phenoxy) is 1. The van der Waals surface area contributed by atoms with Gasteiger partial charge in [0.2, 0.25) is 0 Å². The van der Waals surface area contributed by atoms with E-state index < -0.39 is 15.8 Å². The van der Waals surface area contributed by atoms with Crippen LogP contribution in [0, 0.1) is 5.82 Å². The number of hydrogen-bond acceptors (Lipinski definition) is 4. The Bertz CT molecular complexity index is 807. The first kappa shape index (κ1) is 17.8. The molecule has 0 saturated carbocycles. The first-order chi connectivity index (χ1) is 12.0. The van der Waals surface area contributed by atoms with Crippen molar-refractivity contribution in [1.29, 1.82) is 0 Å². The highest BCUT2D eigenvalue weighted by molar-refractivity contribution is 7.92. The van der Waals surface area contributed by atoms with Crippen molar-refractivity contribution >= 4 is 15.7 Å². The lowest BCUT2D eigenvalue weighted by Crippen LogP contribution is -2.38. The molecule has 2 aromatic rings. The van der Waals surface area contributed by atoms with E-state index in [1.54, 1.807) is 12.1 Å². The normalized spacial score (nSPS) is 18.9. The maximum Gasteiger partial charge on any atom is 0.261 e. The van der Waals surface area contributed by atoms with Gasteiger partial charge in [-0.2, -0.15) is 0 Å². The Morgan fingerprint density at radius 2 is 1.84 bits per heavy atom. The number of nitrogens with one attached hydrogen (secondary N) is 1. The molecule has 0 amide bonds. The summed E-state index contributed by atoms with van der Waals surface area (Å²) < 4.78 is 45.9. The van der Waals surface area contributed by atoms with E-state index in [2.05, 4.69) is 16.5 Å². The van der Waals surface area contributed by atoms with Gasteiger partial charge in [0.1, 0.15) is 5.82 Å². The van der Waals surface area contributed by atoms with Crippen molar-refractivity contribution in [2.75, 3.05) is 31.0 Å². The number of benzene rings is 2. The standard InChI is InChI=1S/C18H21FN2O3S/c1-2-21-11-12-24-18(13-21)14-3-7-16(8-4-14)20-25(22,23)17-9-5-15(19)6-10-17/h3-10,18,20H,2,11-13H2,1H3. The van der Waals surface area contributed by atoms with E-state index in [0.29, 0.717) is 12.3 Å². The Morgan fingerprint density at radius 3 is 2.48 bits per heavy atom. The second-order valence-corrected chi connectivity index (χ2v) is 7.62. The number of morpholine rings is 1. The second-order valence-electron chi connectivity index (χ2n) is 5.93. The van der Waals surface area contributed by atoms with E-state index in [1.807, 2.05) is 12.1 Å². The third kappa shape index (κ3) is 4.36. The van der Waals surface area contributed by atoms with E-state index in [-0.39, 0.29) is 11.0 Å². The molecule has 1 unspecified atom stereocenters. The van der Waals surface area contributed by atoms with Gasteiger partial charge < -0.3 is 4.74 Å². The van der Waals surface area contributed by atoms with Gasteiger partial charge in [0.05, 0.1) is 17.6 Å². The first-order valence-corrected chi connectivity index (χ1v) is 9.68. The Morgan fingerprint density at radius 1 is 1.16 bits per heavy atom. The molecule has 0 bridgehead atoms. The van der Waals surface area contributed by atoms with Crippen LogP contribution >= 0.6 is 0 Å². The molecule has 25 heavy (non-hydrogen) atoms. The molecule has 0 aliphatic carbocycles. The van der Waals surface area contributed by atoms with Crippen LogP contribution in [-0.4, -0.2) is 39.6 Å². The van der Waals surface area contributed by atoms with Crippen molar-refractivity contribution in [2.24, 2.45) is 0 Å². The minimum absolute atomic E-state index is 0.00328. The van der Waals surface area contributed by atoms with Gasteiger partial charge in [0.25, 0.3) is 10.0 Å². The van der Waals surface area contributed by atoms with Crippen molar-refractivity contribution in [3.8, 4) is 0 Å². The van der Waals surface area contributed by atoms with Gasteiger partial charge in [0.15, 0.2) is 0 Å². The largest absolute Gasteiger partial charge is 0.371 e. The van der Waals surface area contributed by atoms with Gasteiger partial charge in [-0.05, 0) is 48.5 Å². The topological polar surface area (TPSA) is 58.6 Å². The summed E-state index contributed by atoms with van der Waals surface area (Å²) in [7, 11) is -3.74. The van der Waals surface area contributed by atoms with Gasteiger partial charge in [-0.1, -0.05) is 19.1 Å². The molecule has 0 radical (unpaired) electrons. The SMILES string of the molecule is CCN1CCOC(c2ccc(NS(=O)(=O)c3ccc(F)cc3)cc2)C1. The maximum absolute atomic E-state index is 12.9. The lowest BCUT2D eigenvalue weighted by atomic mass is 10.1. The summed E-state index contributed by atoms with van der Waals surface area (Å²) >= 11 is 0. The third-order valence-electron chi connectivity index (χ3n) is 4.26. The maximum atomic E-state index is 12.9. The molecule has 1 heterocycles. The zero-order chi connectivity index (χ0) is 17.9. The van der Waals surface area contributed by atoms with Gasteiger partial charge in [-0.15, -0.1) is 0 Å². The van der Waals surface area contributed by atoms with Crippen LogP contribution in [0.4, 0.5) is 10.1 Å². The fourth-order valence-corrected chi connectivity index (χ4v) is 3.84. The summed E-state index contributed by atoms with van der Waals surface area (Å²) in [5, 5.41) is 0. The molecule has 3 rings (SSSR count). The molecule has 5 nitrogen and oxygen atoms in total. The predicted molar refractivity (Wildman–Crippen MR) is 94.5 cm³/mol. The molecule has 134 valence electrons. The average Bonchev–Trinajstić information content (AvgIpc) is 2.62. The van der Waals surface area contributed by atoms with Crippen molar-refractivity contribution in [1.82, 2.24) is 4.90 Å². The van der Waals surface area contributed by atoms with Crippen LogP contribution in [0.5, 0.6) is 0 Å². The monoisotopic (exact) mass is 364 g/mol. The number of sulfonamides is 1. The van der Waals surface area contributed by atoms with Gasteiger partial charge in [0, 0.05) is 18.8 Å². The summed E-state index contributed by atoms with van der Waals surface area (Å²) in [5.74, 6) is -0.475. The number of halogens is 1. The number of rotatable bonds is 5. The van der Waals surface area contributed by atoms with Crippen molar-refractivity contribution in [3.05, 3.63) is 59.9 Å². The summed E-state index contributed by atoms with van der Waals surface area (Å²) in [6, 6.07) is 11.9. The van der Waals surface area contributed by atoms with Crippen LogP contribution < -0.4 is 4.72 Å². The lowest BCUT2D eigenvalue weighted by molar-refractivity contribution is -0.0281. The van der Waals surface area contributed by atoms with Crippen LogP contribution in [0.3, 0.4) is 0 Å². The first-order valence-electron chi connectivity index (χ1n) is 8.20. The summed E-state index contributed by atoms with van der Waals surface area (Å²) in [5.41, 5.74) is 1.47. The number of likely N-dealkylation sites (N-methyl/N-ethyl adjacent to an activating group) is 1. The highest BCUT2D eigenvalue weighted by Crippen LogP contribution is 2.24. The average molecular weight is 364 g/mol. The quantitative estimate of drug-likeness (QED) is 0.886. The molecule has 0 spiro atoms. The third-order valence-corrected chi connectivity index (χ3v) is 5.65. The minimum Gasteiger partial charge on any atom is -0.371 e. The van der Waals surface area contributed by atoms with E-state index in [9.17, 15) is 12.8 Å². The zero-order valence-electron chi connectivity index (χ0n) is 14.0. The molecule has 1 N–H and O–H groups in total. The summed E-state index contributed by atoms with van der Waals surface area (Å²) in [4.78, 5) is 2.34. The Hall–Kier alpha value is -1.96. The van der Waals surface area contributed by atoms with Gasteiger partial charge in [-0.25, -0.2) is 12.8 Å². The van der Waals surface area contributed by atoms with Gasteiger partial charge in [-0.3, -0.25) is 9.62 Å². The van der Waals surface area contributed by atoms with E-state index >= 15 is 0 Å². The van der Waals surface area contributed by atoms with Crippen LogP contribution in [0.1, 0.15) is 18.6 Å². The Labute approximate surface area is 147 Å². The van der Waals surface area contributed by atoms with E-state index in [0.717, 1.165) is 37.3 Å². The van der Waals surface area contributed by atoms with Crippen LogP contribution in [0.2, 0.25) is 0 Å². The number of anilines is 1. The van der Waals surface area contributed by atoms with Crippen LogP contribution in [0.25, 0.3) is 0 Å². The zero-order valence-corrected chi connectivity index (χ0v) is 14.8. The molecule has 2 aromatic carbocycles. The van der Waals surface area contributed by atoms with E-state index in [4.69, 9.17) is 4.74 Å². The molecule has 1 saturated heterocycles. The molecule has 1 atom stereocenters. The molecular formula is C18H21FN2O3S. The highest BCUT2D eigenvalue weighted by Gasteiger charge is 2.21. The smallest absolute Gasteiger partial charge is 0.261 e. The summed E-state index contributed by atoms with van der Waals surface area (Å²) in [6.45, 7) is 5.56.